The van der Waals surface area contributed by atoms with Gasteiger partial charge in [-0.2, -0.15) is 4.98 Å². The van der Waals surface area contributed by atoms with Crippen LogP contribution in [0.15, 0.2) is 8.94 Å². The lowest BCUT2D eigenvalue weighted by Gasteiger charge is -1.82. The fraction of sp³-hybridized carbons (Fsp3) is 0.286. The zero-order valence-corrected chi connectivity index (χ0v) is 6.62. The summed E-state index contributed by atoms with van der Waals surface area (Å²) in [4.78, 5) is 14.8. The lowest BCUT2D eigenvalue weighted by Crippen LogP contribution is -1.87. The van der Waals surface area contributed by atoms with Crippen LogP contribution < -0.4 is 0 Å². The third-order valence-electron chi connectivity index (χ3n) is 1.47. The topological polar surface area (TPSA) is 69.1 Å². The Labute approximate surface area is 67.3 Å². The molecule has 0 radical (unpaired) electrons. The molecular formula is C7H6N2O3. The van der Waals surface area contributed by atoms with Crippen LogP contribution in [0.3, 0.4) is 0 Å². The second-order valence-electron chi connectivity index (χ2n) is 2.45. The third kappa shape index (κ3) is 0.827. The molecule has 12 heavy (non-hydrogen) atoms. The van der Waals surface area contributed by atoms with Crippen molar-refractivity contribution in [2.75, 3.05) is 0 Å². The molecule has 0 bridgehead atoms. The highest BCUT2D eigenvalue weighted by Crippen LogP contribution is 2.18. The van der Waals surface area contributed by atoms with E-state index in [4.69, 9.17) is 8.94 Å². The van der Waals surface area contributed by atoms with Crippen LogP contribution in [-0.2, 0) is 0 Å². The van der Waals surface area contributed by atoms with E-state index in [2.05, 4.69) is 10.1 Å². The second kappa shape index (κ2) is 2.17. The minimum atomic E-state index is -0.214. The van der Waals surface area contributed by atoms with Gasteiger partial charge in [0.1, 0.15) is 0 Å². The summed E-state index contributed by atoms with van der Waals surface area (Å²) in [6.45, 7) is 3.07. The highest BCUT2D eigenvalue weighted by Gasteiger charge is 2.17. The van der Waals surface area contributed by atoms with E-state index in [0.717, 1.165) is 0 Å². The SMILES string of the molecule is CC(=O)c1onc2nc(C)oc12. The highest BCUT2D eigenvalue weighted by atomic mass is 16.5. The van der Waals surface area contributed by atoms with Crippen molar-refractivity contribution in [2.45, 2.75) is 13.8 Å². The Balaban J connectivity index is 2.76. The van der Waals surface area contributed by atoms with Gasteiger partial charge in [0.25, 0.3) is 0 Å². The van der Waals surface area contributed by atoms with Gasteiger partial charge in [-0.25, -0.2) is 0 Å². The Morgan fingerprint density at radius 3 is 2.92 bits per heavy atom. The molecule has 0 unspecified atom stereocenters. The fourth-order valence-electron chi connectivity index (χ4n) is 0.980. The number of carbonyl (C=O) groups is 1. The molecular weight excluding hydrogens is 160 g/mol. The van der Waals surface area contributed by atoms with Crippen LogP contribution in [0.5, 0.6) is 0 Å². The van der Waals surface area contributed by atoms with E-state index in [1.54, 1.807) is 6.92 Å². The molecule has 2 rings (SSSR count). The minimum Gasteiger partial charge on any atom is -0.435 e. The molecule has 62 valence electrons. The summed E-state index contributed by atoms with van der Waals surface area (Å²) in [5, 5.41) is 3.56. The summed E-state index contributed by atoms with van der Waals surface area (Å²) in [5.74, 6) is 0.394. The molecule has 0 N–H and O–H groups in total. The minimum absolute atomic E-state index is 0.130. The molecule has 0 saturated carbocycles. The van der Waals surface area contributed by atoms with Gasteiger partial charge in [-0.3, -0.25) is 4.79 Å². The number of rotatable bonds is 1. The quantitative estimate of drug-likeness (QED) is 0.597. The van der Waals surface area contributed by atoms with Gasteiger partial charge in [0.15, 0.2) is 5.89 Å². The van der Waals surface area contributed by atoms with Crippen molar-refractivity contribution in [3.8, 4) is 0 Å². The Bertz CT molecular complexity index is 440. The van der Waals surface area contributed by atoms with Gasteiger partial charge < -0.3 is 8.94 Å². The molecule has 0 aliphatic rings. The van der Waals surface area contributed by atoms with Crippen molar-refractivity contribution in [3.63, 3.8) is 0 Å². The van der Waals surface area contributed by atoms with E-state index in [1.807, 2.05) is 0 Å². The average molecular weight is 166 g/mol. The number of oxazole rings is 1. The molecule has 2 aromatic rings. The predicted molar refractivity (Wildman–Crippen MR) is 38.8 cm³/mol. The molecule has 5 nitrogen and oxygen atoms in total. The maximum Gasteiger partial charge on any atom is 0.247 e. The standard InChI is InChI=1S/C7H6N2O3/c1-3(10)5-6-7(9-12-5)8-4(2)11-6/h1-2H3. The molecule has 2 aromatic heterocycles. The van der Waals surface area contributed by atoms with Crippen molar-refractivity contribution < 1.29 is 13.7 Å². The molecule has 0 saturated heterocycles. The first-order chi connectivity index (χ1) is 5.68. The Kier molecular flexibility index (Phi) is 1.27. The van der Waals surface area contributed by atoms with Gasteiger partial charge in [-0.1, -0.05) is 5.16 Å². The second-order valence-corrected chi connectivity index (χ2v) is 2.45. The molecule has 0 aliphatic carbocycles. The van der Waals surface area contributed by atoms with Gasteiger partial charge in [0.2, 0.25) is 22.8 Å². The first kappa shape index (κ1) is 7.02. The number of hydrogen-bond acceptors (Lipinski definition) is 5. The van der Waals surface area contributed by atoms with Crippen molar-refractivity contribution in [1.29, 1.82) is 0 Å². The lowest BCUT2D eigenvalue weighted by molar-refractivity contribution is 0.0979. The largest absolute Gasteiger partial charge is 0.435 e. The van der Waals surface area contributed by atoms with Crippen molar-refractivity contribution >= 4 is 17.0 Å². The molecule has 0 amide bonds. The van der Waals surface area contributed by atoms with Gasteiger partial charge in [0.05, 0.1) is 0 Å². The van der Waals surface area contributed by atoms with E-state index in [9.17, 15) is 4.79 Å². The number of aromatic nitrogens is 2. The van der Waals surface area contributed by atoms with E-state index in [0.29, 0.717) is 17.1 Å². The third-order valence-corrected chi connectivity index (χ3v) is 1.47. The van der Waals surface area contributed by atoms with Crippen LogP contribution in [0.4, 0.5) is 0 Å². The first-order valence-electron chi connectivity index (χ1n) is 3.42. The van der Waals surface area contributed by atoms with Crippen molar-refractivity contribution in [1.82, 2.24) is 10.1 Å². The molecule has 0 aliphatic heterocycles. The van der Waals surface area contributed by atoms with Crippen LogP contribution >= 0.6 is 0 Å². The molecule has 2 heterocycles. The number of aryl methyl sites for hydroxylation is 1. The smallest absolute Gasteiger partial charge is 0.247 e. The number of nitrogens with zero attached hydrogens (tertiary/aromatic N) is 2. The maximum absolute atomic E-state index is 10.9. The van der Waals surface area contributed by atoms with Crippen LogP contribution in [0.2, 0.25) is 0 Å². The number of fused-ring (bicyclic) bond motifs is 1. The monoisotopic (exact) mass is 166 g/mol. The summed E-state index contributed by atoms with van der Waals surface area (Å²) in [6.07, 6.45) is 0. The van der Waals surface area contributed by atoms with Crippen LogP contribution in [-0.4, -0.2) is 15.9 Å². The number of hydrogen-bond donors (Lipinski definition) is 0. The zero-order valence-electron chi connectivity index (χ0n) is 6.62. The molecule has 0 atom stereocenters. The molecule has 5 heteroatoms. The first-order valence-corrected chi connectivity index (χ1v) is 3.42. The van der Waals surface area contributed by atoms with E-state index >= 15 is 0 Å². The fourth-order valence-corrected chi connectivity index (χ4v) is 0.980. The van der Waals surface area contributed by atoms with E-state index < -0.39 is 0 Å². The summed E-state index contributed by atoms with van der Waals surface area (Å²) < 4.78 is 9.83. The van der Waals surface area contributed by atoms with E-state index in [1.165, 1.54) is 6.92 Å². The normalized spacial score (nSPS) is 10.8. The van der Waals surface area contributed by atoms with Gasteiger partial charge in [-0.05, 0) is 0 Å². The number of Topliss-reactive ketones (excluding diaryl/α,β-unsaturated/α-hetero) is 1. The Morgan fingerprint density at radius 1 is 1.50 bits per heavy atom. The maximum atomic E-state index is 10.9. The molecule has 0 aromatic carbocycles. The highest BCUT2D eigenvalue weighted by molar-refractivity contribution is 6.00. The summed E-state index contributed by atoms with van der Waals surface area (Å²) in [7, 11) is 0. The number of ketones is 1. The number of carbonyl (C=O) groups excluding carboxylic acids is 1. The summed E-state index contributed by atoms with van der Waals surface area (Å²) >= 11 is 0. The zero-order chi connectivity index (χ0) is 8.72. The molecule has 0 spiro atoms. The van der Waals surface area contributed by atoms with Crippen molar-refractivity contribution in [3.05, 3.63) is 11.7 Å². The Hall–Kier alpha value is -1.65. The summed E-state index contributed by atoms with van der Waals surface area (Å²) in [5.41, 5.74) is 0.678. The van der Waals surface area contributed by atoms with Crippen LogP contribution in [0.25, 0.3) is 11.2 Å². The Morgan fingerprint density at radius 2 is 2.25 bits per heavy atom. The van der Waals surface area contributed by atoms with Gasteiger partial charge in [-0.15, -0.1) is 0 Å². The van der Waals surface area contributed by atoms with Crippen LogP contribution in [0.1, 0.15) is 23.4 Å². The lowest BCUT2D eigenvalue weighted by atomic mass is 10.3. The van der Waals surface area contributed by atoms with Crippen LogP contribution in [0, 0.1) is 6.92 Å². The average Bonchev–Trinajstić information content (AvgIpc) is 2.43. The summed E-state index contributed by atoms with van der Waals surface area (Å²) in [6, 6.07) is 0. The van der Waals surface area contributed by atoms with Gasteiger partial charge in [0, 0.05) is 13.8 Å². The van der Waals surface area contributed by atoms with Crippen molar-refractivity contribution in [2.24, 2.45) is 0 Å². The predicted octanol–water partition coefficient (Wildman–Crippen LogP) is 1.33. The van der Waals surface area contributed by atoms with E-state index in [-0.39, 0.29) is 11.5 Å². The molecule has 0 fully saturated rings. The van der Waals surface area contributed by atoms with Gasteiger partial charge >= 0.3 is 0 Å².